The molecular weight excluding hydrogens is 232 g/mol. The fraction of sp³-hybridized carbons (Fsp3) is 0.833. The number of amides is 2. The van der Waals surface area contributed by atoms with Crippen LogP contribution in [0.25, 0.3) is 0 Å². The SMILES string of the molecule is CN1CCN(C(=O)CN2CC(N)CCC2=O)CC1. The summed E-state index contributed by atoms with van der Waals surface area (Å²) in [5, 5.41) is 0. The summed E-state index contributed by atoms with van der Waals surface area (Å²) in [7, 11) is 2.05. The number of nitrogens with zero attached hydrogens (tertiary/aromatic N) is 3. The molecule has 6 heteroatoms. The normalized spacial score (nSPS) is 26.6. The van der Waals surface area contributed by atoms with E-state index in [-0.39, 0.29) is 24.4 Å². The van der Waals surface area contributed by atoms with Gasteiger partial charge in [-0.05, 0) is 13.5 Å². The van der Waals surface area contributed by atoms with Gasteiger partial charge in [0.2, 0.25) is 11.8 Å². The molecule has 18 heavy (non-hydrogen) atoms. The summed E-state index contributed by atoms with van der Waals surface area (Å²) in [5.41, 5.74) is 5.83. The van der Waals surface area contributed by atoms with Gasteiger partial charge in [0.1, 0.15) is 0 Å². The van der Waals surface area contributed by atoms with Gasteiger partial charge in [0.25, 0.3) is 0 Å². The van der Waals surface area contributed by atoms with Crippen molar-refractivity contribution in [3.05, 3.63) is 0 Å². The van der Waals surface area contributed by atoms with Crippen LogP contribution in [0.2, 0.25) is 0 Å². The molecule has 0 aromatic heterocycles. The van der Waals surface area contributed by atoms with Gasteiger partial charge in [-0.25, -0.2) is 0 Å². The molecule has 2 heterocycles. The molecule has 6 nitrogen and oxygen atoms in total. The predicted octanol–water partition coefficient (Wildman–Crippen LogP) is -1.29. The van der Waals surface area contributed by atoms with E-state index in [9.17, 15) is 9.59 Å². The molecule has 2 amide bonds. The van der Waals surface area contributed by atoms with E-state index >= 15 is 0 Å². The first-order chi connectivity index (χ1) is 8.56. The number of likely N-dealkylation sites (N-methyl/N-ethyl adjacent to an activating group) is 1. The fourth-order valence-corrected chi connectivity index (χ4v) is 2.42. The lowest BCUT2D eigenvalue weighted by molar-refractivity contribution is -0.143. The Bertz CT molecular complexity index is 326. The zero-order valence-corrected chi connectivity index (χ0v) is 11.0. The van der Waals surface area contributed by atoms with Gasteiger partial charge in [-0.3, -0.25) is 9.59 Å². The highest BCUT2D eigenvalue weighted by Gasteiger charge is 2.27. The van der Waals surface area contributed by atoms with Crippen LogP contribution in [0.4, 0.5) is 0 Å². The molecule has 2 fully saturated rings. The van der Waals surface area contributed by atoms with Crippen molar-refractivity contribution in [3.63, 3.8) is 0 Å². The quantitative estimate of drug-likeness (QED) is 0.666. The van der Waals surface area contributed by atoms with E-state index in [1.54, 1.807) is 4.90 Å². The number of rotatable bonds is 2. The number of carbonyl (C=O) groups excluding carboxylic acids is 2. The largest absolute Gasteiger partial charge is 0.339 e. The smallest absolute Gasteiger partial charge is 0.242 e. The van der Waals surface area contributed by atoms with Crippen LogP contribution in [0, 0.1) is 0 Å². The Morgan fingerprint density at radius 3 is 2.67 bits per heavy atom. The first-order valence-electron chi connectivity index (χ1n) is 6.56. The van der Waals surface area contributed by atoms with Crippen molar-refractivity contribution < 1.29 is 9.59 Å². The maximum Gasteiger partial charge on any atom is 0.242 e. The molecule has 2 aliphatic rings. The summed E-state index contributed by atoms with van der Waals surface area (Å²) < 4.78 is 0. The first-order valence-corrected chi connectivity index (χ1v) is 6.56. The average molecular weight is 254 g/mol. The average Bonchev–Trinajstić information content (AvgIpc) is 2.34. The second-order valence-corrected chi connectivity index (χ2v) is 5.26. The van der Waals surface area contributed by atoms with Crippen LogP contribution in [-0.2, 0) is 9.59 Å². The summed E-state index contributed by atoms with van der Waals surface area (Å²) in [5.74, 6) is 0.102. The van der Waals surface area contributed by atoms with Crippen molar-refractivity contribution >= 4 is 11.8 Å². The predicted molar refractivity (Wildman–Crippen MR) is 67.9 cm³/mol. The lowest BCUT2D eigenvalue weighted by atomic mass is 10.1. The molecular formula is C12H22N4O2. The number of nitrogens with two attached hydrogens (primary N) is 1. The van der Waals surface area contributed by atoms with Crippen molar-refractivity contribution in [1.82, 2.24) is 14.7 Å². The molecule has 0 aromatic rings. The van der Waals surface area contributed by atoms with Crippen molar-refractivity contribution in [2.24, 2.45) is 5.73 Å². The molecule has 2 aliphatic heterocycles. The van der Waals surface area contributed by atoms with Gasteiger partial charge in [0, 0.05) is 45.2 Å². The molecule has 1 unspecified atom stereocenters. The second kappa shape index (κ2) is 5.67. The van der Waals surface area contributed by atoms with Crippen LogP contribution in [0.3, 0.4) is 0 Å². The van der Waals surface area contributed by atoms with Gasteiger partial charge in [-0.15, -0.1) is 0 Å². The number of carbonyl (C=O) groups is 2. The minimum Gasteiger partial charge on any atom is -0.339 e. The van der Waals surface area contributed by atoms with Crippen LogP contribution in [0.5, 0.6) is 0 Å². The van der Waals surface area contributed by atoms with E-state index in [4.69, 9.17) is 5.73 Å². The fourth-order valence-electron chi connectivity index (χ4n) is 2.42. The van der Waals surface area contributed by atoms with Gasteiger partial charge in [0.05, 0.1) is 6.54 Å². The molecule has 1 atom stereocenters. The highest BCUT2D eigenvalue weighted by Crippen LogP contribution is 2.10. The Hall–Kier alpha value is -1.14. The standard InChI is InChI=1S/C12H22N4O2/c1-14-4-6-15(7-5-14)12(18)9-16-8-10(13)2-3-11(16)17/h10H,2-9,13H2,1H3. The highest BCUT2D eigenvalue weighted by atomic mass is 16.2. The lowest BCUT2D eigenvalue weighted by Gasteiger charge is -2.35. The van der Waals surface area contributed by atoms with Gasteiger partial charge >= 0.3 is 0 Å². The zero-order chi connectivity index (χ0) is 13.1. The molecule has 2 rings (SSSR count). The van der Waals surface area contributed by atoms with Crippen LogP contribution in [-0.4, -0.2) is 78.9 Å². The van der Waals surface area contributed by atoms with E-state index in [0.29, 0.717) is 13.0 Å². The van der Waals surface area contributed by atoms with Gasteiger partial charge in [-0.1, -0.05) is 0 Å². The van der Waals surface area contributed by atoms with Gasteiger partial charge < -0.3 is 20.4 Å². The maximum atomic E-state index is 12.1. The van der Waals surface area contributed by atoms with Gasteiger partial charge in [-0.2, -0.15) is 0 Å². The number of hydrogen-bond acceptors (Lipinski definition) is 4. The van der Waals surface area contributed by atoms with E-state index < -0.39 is 0 Å². The summed E-state index contributed by atoms with van der Waals surface area (Å²) in [6, 6.07) is 0.0167. The van der Waals surface area contributed by atoms with E-state index in [0.717, 1.165) is 32.6 Å². The number of likely N-dealkylation sites (tertiary alicyclic amines) is 1. The van der Waals surface area contributed by atoms with Crippen LogP contribution >= 0.6 is 0 Å². The number of hydrogen-bond donors (Lipinski definition) is 1. The van der Waals surface area contributed by atoms with Crippen LogP contribution in [0.15, 0.2) is 0 Å². The molecule has 0 aliphatic carbocycles. The van der Waals surface area contributed by atoms with Gasteiger partial charge in [0.15, 0.2) is 0 Å². The third-order valence-corrected chi connectivity index (χ3v) is 3.72. The third-order valence-electron chi connectivity index (χ3n) is 3.72. The van der Waals surface area contributed by atoms with Crippen LogP contribution < -0.4 is 5.73 Å². The monoisotopic (exact) mass is 254 g/mol. The van der Waals surface area contributed by atoms with Crippen molar-refractivity contribution in [2.75, 3.05) is 46.3 Å². The zero-order valence-electron chi connectivity index (χ0n) is 11.0. The lowest BCUT2D eigenvalue weighted by Crippen LogP contribution is -2.53. The molecule has 0 bridgehead atoms. The second-order valence-electron chi connectivity index (χ2n) is 5.26. The summed E-state index contributed by atoms with van der Waals surface area (Å²) in [4.78, 5) is 29.4. The maximum absolute atomic E-state index is 12.1. The molecule has 0 spiro atoms. The Morgan fingerprint density at radius 2 is 2.00 bits per heavy atom. The van der Waals surface area contributed by atoms with Crippen molar-refractivity contribution in [2.45, 2.75) is 18.9 Å². The van der Waals surface area contributed by atoms with Crippen LogP contribution in [0.1, 0.15) is 12.8 Å². The molecule has 102 valence electrons. The molecule has 0 aromatic carbocycles. The van der Waals surface area contributed by atoms with Crippen molar-refractivity contribution in [1.29, 1.82) is 0 Å². The van der Waals surface area contributed by atoms with E-state index in [2.05, 4.69) is 11.9 Å². The highest BCUT2D eigenvalue weighted by molar-refractivity contribution is 5.85. The topological polar surface area (TPSA) is 69.9 Å². The van der Waals surface area contributed by atoms with E-state index in [1.807, 2.05) is 4.90 Å². The molecule has 0 saturated carbocycles. The number of piperazine rings is 1. The van der Waals surface area contributed by atoms with E-state index in [1.165, 1.54) is 0 Å². The summed E-state index contributed by atoms with van der Waals surface area (Å²) >= 11 is 0. The van der Waals surface area contributed by atoms with Crippen molar-refractivity contribution in [3.8, 4) is 0 Å². The summed E-state index contributed by atoms with van der Waals surface area (Å²) in [6.45, 7) is 4.01. The molecule has 2 saturated heterocycles. The Morgan fingerprint density at radius 1 is 1.33 bits per heavy atom. The Kier molecular flexibility index (Phi) is 4.19. The first kappa shape index (κ1) is 13.3. The number of piperidine rings is 1. The molecule has 0 radical (unpaired) electrons. The Labute approximate surface area is 108 Å². The minimum absolute atomic E-state index is 0.0167. The molecule has 2 N–H and O–H groups in total. The third kappa shape index (κ3) is 3.20. The Balaban J connectivity index is 1.84. The summed E-state index contributed by atoms with van der Waals surface area (Å²) in [6.07, 6.45) is 1.20. The minimum atomic E-state index is 0.0167.